The second kappa shape index (κ2) is 6.70. The van der Waals surface area contributed by atoms with Gasteiger partial charge >= 0.3 is 5.97 Å². The summed E-state index contributed by atoms with van der Waals surface area (Å²) in [6, 6.07) is -0.443. The summed E-state index contributed by atoms with van der Waals surface area (Å²) in [6.07, 6.45) is 0.881. The van der Waals surface area contributed by atoms with E-state index < -0.39 is 12.0 Å². The van der Waals surface area contributed by atoms with Gasteiger partial charge in [0, 0.05) is 26.2 Å². The molecular formula is C12H23N3O3. The molecule has 0 radical (unpaired) electrons. The summed E-state index contributed by atoms with van der Waals surface area (Å²) in [4.78, 5) is 26.2. The number of carboxylic acids is 1. The van der Waals surface area contributed by atoms with Crippen LogP contribution in [0.4, 0.5) is 0 Å². The van der Waals surface area contributed by atoms with Crippen LogP contribution in [0.25, 0.3) is 0 Å². The van der Waals surface area contributed by atoms with Crippen LogP contribution in [-0.4, -0.2) is 65.5 Å². The minimum absolute atomic E-state index is 0.0145. The van der Waals surface area contributed by atoms with Crippen molar-refractivity contribution in [3.05, 3.63) is 0 Å². The third-order valence-corrected chi connectivity index (χ3v) is 3.58. The van der Waals surface area contributed by atoms with Crippen LogP contribution in [0.3, 0.4) is 0 Å². The van der Waals surface area contributed by atoms with Gasteiger partial charge in [0.25, 0.3) is 0 Å². The Hall–Kier alpha value is -1.14. The number of carbonyl (C=O) groups is 2. The Bertz CT molecular complexity index is 301. The number of hydrogen-bond acceptors (Lipinski definition) is 4. The maximum atomic E-state index is 12.1. The van der Waals surface area contributed by atoms with Crippen LogP contribution in [-0.2, 0) is 9.59 Å². The number of hydrogen-bond donors (Lipinski definition) is 2. The molecule has 3 N–H and O–H groups in total. The average molecular weight is 257 g/mol. The van der Waals surface area contributed by atoms with E-state index in [2.05, 4.69) is 0 Å². The molecule has 6 heteroatoms. The largest absolute Gasteiger partial charge is 0.480 e. The SMILES string of the molecule is CCC(C)C(N)C(=O)N1CCN(CC(=O)O)CC1. The summed E-state index contributed by atoms with van der Waals surface area (Å²) in [5, 5.41) is 8.69. The monoisotopic (exact) mass is 257 g/mol. The molecule has 1 aliphatic heterocycles. The Morgan fingerprint density at radius 3 is 2.28 bits per heavy atom. The normalized spacial score (nSPS) is 20.5. The van der Waals surface area contributed by atoms with E-state index in [-0.39, 0.29) is 18.4 Å². The van der Waals surface area contributed by atoms with E-state index in [4.69, 9.17) is 10.8 Å². The summed E-state index contributed by atoms with van der Waals surface area (Å²) < 4.78 is 0. The first kappa shape index (κ1) is 14.9. The smallest absolute Gasteiger partial charge is 0.317 e. The van der Waals surface area contributed by atoms with E-state index in [1.54, 1.807) is 4.90 Å². The molecule has 0 aromatic carbocycles. The number of carbonyl (C=O) groups excluding carboxylic acids is 1. The molecule has 2 unspecified atom stereocenters. The standard InChI is InChI=1S/C12H23N3O3/c1-3-9(2)11(13)12(18)15-6-4-14(5-7-15)8-10(16)17/h9,11H,3-8,13H2,1-2H3,(H,16,17). The average Bonchev–Trinajstić information content (AvgIpc) is 2.36. The second-order valence-corrected chi connectivity index (χ2v) is 4.91. The molecule has 0 spiro atoms. The van der Waals surface area contributed by atoms with E-state index in [1.807, 2.05) is 18.7 Å². The summed E-state index contributed by atoms with van der Waals surface area (Å²) in [5.41, 5.74) is 5.92. The molecule has 104 valence electrons. The number of amides is 1. The first-order chi connectivity index (χ1) is 8.45. The van der Waals surface area contributed by atoms with Gasteiger partial charge in [-0.25, -0.2) is 0 Å². The number of nitrogens with zero attached hydrogens (tertiary/aromatic N) is 2. The van der Waals surface area contributed by atoms with Gasteiger partial charge in [-0.15, -0.1) is 0 Å². The molecule has 0 saturated carbocycles. The predicted octanol–water partition coefficient (Wildman–Crippen LogP) is -0.411. The summed E-state index contributed by atoms with van der Waals surface area (Å²) >= 11 is 0. The van der Waals surface area contributed by atoms with Crippen molar-refractivity contribution in [3.8, 4) is 0 Å². The molecule has 0 bridgehead atoms. The lowest BCUT2D eigenvalue weighted by molar-refractivity contribution is -0.139. The zero-order valence-electron chi connectivity index (χ0n) is 11.1. The quantitative estimate of drug-likeness (QED) is 0.699. The molecule has 0 aromatic rings. The molecule has 1 saturated heterocycles. The van der Waals surface area contributed by atoms with E-state index in [1.165, 1.54) is 0 Å². The molecule has 18 heavy (non-hydrogen) atoms. The highest BCUT2D eigenvalue weighted by atomic mass is 16.4. The zero-order valence-corrected chi connectivity index (χ0v) is 11.1. The minimum Gasteiger partial charge on any atom is -0.480 e. The van der Waals surface area contributed by atoms with Gasteiger partial charge in [-0.05, 0) is 5.92 Å². The van der Waals surface area contributed by atoms with Crippen LogP contribution in [0.1, 0.15) is 20.3 Å². The fourth-order valence-electron chi connectivity index (χ4n) is 2.03. The topological polar surface area (TPSA) is 86.9 Å². The Balaban J connectivity index is 2.42. The first-order valence-electron chi connectivity index (χ1n) is 6.44. The molecule has 1 amide bonds. The highest BCUT2D eigenvalue weighted by Crippen LogP contribution is 2.10. The van der Waals surface area contributed by atoms with Crippen LogP contribution in [0.2, 0.25) is 0 Å². The van der Waals surface area contributed by atoms with Gasteiger partial charge in [0.2, 0.25) is 5.91 Å². The van der Waals surface area contributed by atoms with Crippen molar-refractivity contribution in [1.29, 1.82) is 0 Å². The van der Waals surface area contributed by atoms with Gasteiger partial charge in [0.15, 0.2) is 0 Å². The van der Waals surface area contributed by atoms with Crippen LogP contribution in [0, 0.1) is 5.92 Å². The fourth-order valence-corrected chi connectivity index (χ4v) is 2.03. The van der Waals surface area contributed by atoms with E-state index >= 15 is 0 Å². The number of carboxylic acid groups (broad SMARTS) is 1. The molecule has 6 nitrogen and oxygen atoms in total. The minimum atomic E-state index is -0.828. The van der Waals surface area contributed by atoms with Crippen molar-refractivity contribution in [2.45, 2.75) is 26.3 Å². The van der Waals surface area contributed by atoms with Crippen LogP contribution in [0.15, 0.2) is 0 Å². The zero-order chi connectivity index (χ0) is 13.7. The fraction of sp³-hybridized carbons (Fsp3) is 0.833. The molecule has 0 aliphatic carbocycles. The van der Waals surface area contributed by atoms with Gasteiger partial charge in [0.1, 0.15) is 0 Å². The van der Waals surface area contributed by atoms with Gasteiger partial charge in [0.05, 0.1) is 12.6 Å². The van der Waals surface area contributed by atoms with Gasteiger partial charge < -0.3 is 15.7 Å². The number of aliphatic carboxylic acids is 1. The lowest BCUT2D eigenvalue weighted by atomic mass is 9.98. The summed E-state index contributed by atoms with van der Waals surface area (Å²) in [6.45, 7) is 6.37. The Morgan fingerprint density at radius 1 is 1.28 bits per heavy atom. The Labute approximate surface area is 108 Å². The molecule has 0 aromatic heterocycles. The van der Waals surface area contributed by atoms with Crippen LogP contribution in [0.5, 0.6) is 0 Å². The van der Waals surface area contributed by atoms with Gasteiger partial charge in [-0.3, -0.25) is 14.5 Å². The van der Waals surface area contributed by atoms with Gasteiger partial charge in [-0.1, -0.05) is 20.3 Å². The first-order valence-corrected chi connectivity index (χ1v) is 6.44. The second-order valence-electron chi connectivity index (χ2n) is 4.91. The van der Waals surface area contributed by atoms with E-state index in [0.29, 0.717) is 26.2 Å². The maximum Gasteiger partial charge on any atom is 0.317 e. The van der Waals surface area contributed by atoms with Crippen LogP contribution < -0.4 is 5.73 Å². The third-order valence-electron chi connectivity index (χ3n) is 3.58. The van der Waals surface area contributed by atoms with Crippen LogP contribution >= 0.6 is 0 Å². The van der Waals surface area contributed by atoms with Crippen molar-refractivity contribution in [3.63, 3.8) is 0 Å². The third kappa shape index (κ3) is 3.96. The van der Waals surface area contributed by atoms with Crippen molar-refractivity contribution in [1.82, 2.24) is 9.80 Å². The van der Waals surface area contributed by atoms with E-state index in [9.17, 15) is 9.59 Å². The molecule has 1 heterocycles. The Morgan fingerprint density at radius 2 is 1.83 bits per heavy atom. The summed E-state index contributed by atoms with van der Waals surface area (Å²) in [5.74, 6) is -0.667. The highest BCUT2D eigenvalue weighted by Gasteiger charge is 2.28. The molecule has 1 fully saturated rings. The lowest BCUT2D eigenvalue weighted by Gasteiger charge is -2.35. The Kier molecular flexibility index (Phi) is 5.55. The highest BCUT2D eigenvalue weighted by molar-refractivity contribution is 5.82. The lowest BCUT2D eigenvalue weighted by Crippen LogP contribution is -2.55. The predicted molar refractivity (Wildman–Crippen MR) is 68.1 cm³/mol. The molecule has 1 rings (SSSR count). The van der Waals surface area contributed by atoms with Crippen molar-refractivity contribution < 1.29 is 14.7 Å². The molecule has 2 atom stereocenters. The van der Waals surface area contributed by atoms with Crippen molar-refractivity contribution in [2.75, 3.05) is 32.7 Å². The van der Waals surface area contributed by atoms with Crippen molar-refractivity contribution in [2.24, 2.45) is 11.7 Å². The van der Waals surface area contributed by atoms with E-state index in [0.717, 1.165) is 6.42 Å². The van der Waals surface area contributed by atoms with Gasteiger partial charge in [-0.2, -0.15) is 0 Å². The van der Waals surface area contributed by atoms with Crippen molar-refractivity contribution >= 4 is 11.9 Å². The molecular weight excluding hydrogens is 234 g/mol. The maximum absolute atomic E-state index is 12.1. The number of nitrogens with two attached hydrogens (primary N) is 1. The summed E-state index contributed by atoms with van der Waals surface area (Å²) in [7, 11) is 0. The number of piperazine rings is 1. The number of rotatable bonds is 5. The molecule has 1 aliphatic rings.